The Bertz CT molecular complexity index is 136. The van der Waals surface area contributed by atoms with Crippen LogP contribution in [0.15, 0.2) is 0 Å². The molecule has 2 aliphatic heterocycles. The third kappa shape index (κ3) is 1.31. The van der Waals surface area contributed by atoms with E-state index in [1.807, 2.05) is 0 Å². The smallest absolute Gasteiger partial charge is 0.0817 e. The lowest BCUT2D eigenvalue weighted by Gasteiger charge is -2.28. The lowest BCUT2D eigenvalue weighted by molar-refractivity contribution is -0.906. The van der Waals surface area contributed by atoms with Gasteiger partial charge >= 0.3 is 0 Å². The van der Waals surface area contributed by atoms with Crippen LogP contribution in [0.3, 0.4) is 0 Å². The van der Waals surface area contributed by atoms with E-state index >= 15 is 0 Å². The van der Waals surface area contributed by atoms with Crippen LogP contribution < -0.4 is 0 Å². The maximum absolute atomic E-state index is 2.35. The van der Waals surface area contributed by atoms with Crippen molar-refractivity contribution in [1.82, 2.24) is 0 Å². The lowest BCUT2D eigenvalue weighted by atomic mass is 10.1. The Kier molecular flexibility index (Phi) is 1.92. The molecular formula is C10H20N+. The summed E-state index contributed by atoms with van der Waals surface area (Å²) in [7, 11) is 0. The monoisotopic (exact) mass is 154 g/mol. The molecule has 1 atom stereocenters. The minimum Gasteiger partial charge on any atom is -0.323 e. The van der Waals surface area contributed by atoms with Gasteiger partial charge in [0, 0.05) is 25.2 Å². The molecule has 11 heavy (non-hydrogen) atoms. The summed E-state index contributed by atoms with van der Waals surface area (Å²) in [6, 6.07) is 0. The highest BCUT2D eigenvalue weighted by molar-refractivity contribution is 4.68. The summed E-state index contributed by atoms with van der Waals surface area (Å²) in [4.78, 5) is 0. The molecule has 0 bridgehead atoms. The van der Waals surface area contributed by atoms with Crippen molar-refractivity contribution in [3.05, 3.63) is 0 Å². The normalized spacial score (nSPS) is 35.2. The topological polar surface area (TPSA) is 0 Å². The molecule has 2 saturated heterocycles. The number of quaternary nitrogens is 1. The molecule has 64 valence electrons. The van der Waals surface area contributed by atoms with Gasteiger partial charge in [0.1, 0.15) is 0 Å². The van der Waals surface area contributed by atoms with Crippen molar-refractivity contribution in [3.8, 4) is 0 Å². The first-order valence-corrected chi connectivity index (χ1v) is 5.20. The largest absolute Gasteiger partial charge is 0.323 e. The molecule has 2 heterocycles. The van der Waals surface area contributed by atoms with Gasteiger partial charge in [0.2, 0.25) is 0 Å². The van der Waals surface area contributed by atoms with Crippen LogP contribution >= 0.6 is 0 Å². The van der Waals surface area contributed by atoms with Gasteiger partial charge in [-0.05, 0) is 6.42 Å². The second kappa shape index (κ2) is 2.78. The molecule has 1 spiro atoms. The van der Waals surface area contributed by atoms with Crippen LogP contribution in [0.1, 0.15) is 32.6 Å². The minimum atomic E-state index is 1.06. The average molecular weight is 154 g/mol. The van der Waals surface area contributed by atoms with Crippen LogP contribution in [-0.2, 0) is 0 Å². The number of rotatable bonds is 1. The van der Waals surface area contributed by atoms with Gasteiger partial charge < -0.3 is 4.48 Å². The molecule has 2 aliphatic rings. The van der Waals surface area contributed by atoms with E-state index in [0.717, 1.165) is 5.92 Å². The van der Waals surface area contributed by atoms with E-state index in [4.69, 9.17) is 0 Å². The van der Waals surface area contributed by atoms with E-state index in [-0.39, 0.29) is 0 Å². The second-order valence-electron chi connectivity index (χ2n) is 4.47. The van der Waals surface area contributed by atoms with E-state index in [9.17, 15) is 0 Å². The summed E-state index contributed by atoms with van der Waals surface area (Å²) in [5.74, 6) is 1.06. The molecule has 1 unspecified atom stereocenters. The van der Waals surface area contributed by atoms with Crippen LogP contribution in [0.25, 0.3) is 0 Å². The van der Waals surface area contributed by atoms with Crippen molar-refractivity contribution in [2.45, 2.75) is 32.6 Å². The predicted molar refractivity (Wildman–Crippen MR) is 47.4 cm³/mol. The van der Waals surface area contributed by atoms with Crippen molar-refractivity contribution in [2.75, 3.05) is 26.2 Å². The van der Waals surface area contributed by atoms with Crippen LogP contribution in [0.4, 0.5) is 0 Å². The van der Waals surface area contributed by atoms with E-state index in [0.29, 0.717) is 0 Å². The van der Waals surface area contributed by atoms with Crippen molar-refractivity contribution in [3.63, 3.8) is 0 Å². The maximum atomic E-state index is 2.35. The molecule has 0 N–H and O–H groups in total. The molecule has 0 aromatic heterocycles. The lowest BCUT2D eigenvalue weighted by Crippen LogP contribution is -2.42. The van der Waals surface area contributed by atoms with Crippen LogP contribution in [0.5, 0.6) is 0 Å². The molecule has 0 aliphatic carbocycles. The summed E-state index contributed by atoms with van der Waals surface area (Å²) in [5, 5.41) is 0. The summed E-state index contributed by atoms with van der Waals surface area (Å²) in [5.41, 5.74) is 0. The highest BCUT2D eigenvalue weighted by Crippen LogP contribution is 2.31. The fourth-order valence-electron chi connectivity index (χ4n) is 2.93. The fourth-order valence-corrected chi connectivity index (χ4v) is 2.93. The van der Waals surface area contributed by atoms with Gasteiger partial charge in [-0.3, -0.25) is 0 Å². The summed E-state index contributed by atoms with van der Waals surface area (Å²) >= 11 is 0. The zero-order valence-corrected chi connectivity index (χ0v) is 7.68. The number of hydrogen-bond donors (Lipinski definition) is 0. The summed E-state index contributed by atoms with van der Waals surface area (Å²) in [6.07, 6.45) is 5.92. The van der Waals surface area contributed by atoms with E-state index < -0.39 is 0 Å². The van der Waals surface area contributed by atoms with E-state index in [2.05, 4.69) is 6.92 Å². The van der Waals surface area contributed by atoms with Crippen molar-refractivity contribution < 1.29 is 4.48 Å². The number of nitrogens with zero attached hydrogens (tertiary/aromatic N) is 1. The third-order valence-electron chi connectivity index (χ3n) is 3.75. The van der Waals surface area contributed by atoms with Crippen molar-refractivity contribution in [2.24, 2.45) is 5.92 Å². The van der Waals surface area contributed by atoms with Crippen LogP contribution in [0.2, 0.25) is 0 Å². The van der Waals surface area contributed by atoms with Crippen molar-refractivity contribution >= 4 is 0 Å². The van der Waals surface area contributed by atoms with Crippen molar-refractivity contribution in [1.29, 1.82) is 0 Å². The van der Waals surface area contributed by atoms with Crippen LogP contribution in [-0.4, -0.2) is 30.7 Å². The van der Waals surface area contributed by atoms with Gasteiger partial charge in [0.25, 0.3) is 0 Å². The molecule has 0 saturated carbocycles. The standard InChI is InChI=1S/C10H20N/c1-2-10-5-8-11(9-10)6-3-4-7-11/h10H,2-9H2,1H3/q+1. The predicted octanol–water partition coefficient (Wildman–Crippen LogP) is 2.03. The fraction of sp³-hybridized carbons (Fsp3) is 1.00. The summed E-state index contributed by atoms with van der Waals surface area (Å²) in [6.45, 7) is 8.35. The van der Waals surface area contributed by atoms with E-state index in [1.165, 1.54) is 56.3 Å². The van der Waals surface area contributed by atoms with Gasteiger partial charge in [-0.15, -0.1) is 0 Å². The highest BCUT2D eigenvalue weighted by Gasteiger charge is 2.39. The molecule has 0 aromatic rings. The average Bonchev–Trinajstić information content (AvgIpc) is 2.62. The Labute approximate surface area is 70.0 Å². The van der Waals surface area contributed by atoms with Gasteiger partial charge in [-0.1, -0.05) is 6.92 Å². The first-order chi connectivity index (χ1) is 5.35. The molecular weight excluding hydrogens is 134 g/mol. The van der Waals surface area contributed by atoms with Gasteiger partial charge in [0.05, 0.1) is 26.2 Å². The first-order valence-electron chi connectivity index (χ1n) is 5.20. The molecule has 0 radical (unpaired) electrons. The zero-order chi connectivity index (χ0) is 7.73. The second-order valence-corrected chi connectivity index (χ2v) is 4.47. The Morgan fingerprint density at radius 1 is 1.18 bits per heavy atom. The Morgan fingerprint density at radius 3 is 2.45 bits per heavy atom. The third-order valence-corrected chi connectivity index (χ3v) is 3.75. The van der Waals surface area contributed by atoms with Gasteiger partial charge in [0.15, 0.2) is 0 Å². The molecule has 1 heteroatoms. The zero-order valence-electron chi connectivity index (χ0n) is 7.68. The summed E-state index contributed by atoms with van der Waals surface area (Å²) < 4.78 is 1.50. The first kappa shape index (κ1) is 7.60. The van der Waals surface area contributed by atoms with E-state index in [1.54, 1.807) is 0 Å². The molecule has 0 aromatic carbocycles. The highest BCUT2D eigenvalue weighted by atomic mass is 15.4. The quantitative estimate of drug-likeness (QED) is 0.507. The molecule has 2 fully saturated rings. The Hall–Kier alpha value is -0.0400. The van der Waals surface area contributed by atoms with Crippen LogP contribution in [0, 0.1) is 5.92 Å². The Morgan fingerprint density at radius 2 is 1.91 bits per heavy atom. The molecule has 2 rings (SSSR count). The maximum Gasteiger partial charge on any atom is 0.0817 e. The molecule has 0 amide bonds. The SMILES string of the molecule is CCC1CC[N+]2(CCCC2)C1. The van der Waals surface area contributed by atoms with Gasteiger partial charge in [-0.25, -0.2) is 0 Å². The minimum absolute atomic E-state index is 1.06. The molecule has 1 nitrogen and oxygen atoms in total. The van der Waals surface area contributed by atoms with Gasteiger partial charge in [-0.2, -0.15) is 0 Å². The Balaban J connectivity index is 1.96. The number of hydrogen-bond acceptors (Lipinski definition) is 0.